The highest BCUT2D eigenvalue weighted by atomic mass is 32.2. The number of nitrogens with one attached hydrogen (secondary N) is 1. The van der Waals surface area contributed by atoms with E-state index in [2.05, 4.69) is 76.9 Å². The minimum Gasteiger partial charge on any atom is -0.334 e. The van der Waals surface area contributed by atoms with Gasteiger partial charge in [0.1, 0.15) is 0 Å². The van der Waals surface area contributed by atoms with Gasteiger partial charge in [-0.3, -0.25) is 0 Å². The number of nitrogens with zero attached hydrogens (tertiary/aromatic N) is 2. The van der Waals surface area contributed by atoms with Gasteiger partial charge in [-0.05, 0) is 53.3 Å². The third-order valence-electron chi connectivity index (χ3n) is 5.94. The Morgan fingerprint density at radius 3 is 2.47 bits per heavy atom. The van der Waals surface area contributed by atoms with Crippen molar-refractivity contribution in [1.29, 1.82) is 0 Å². The molecule has 0 fully saturated rings. The van der Waals surface area contributed by atoms with Crippen molar-refractivity contribution in [3.63, 3.8) is 0 Å². The van der Waals surface area contributed by atoms with E-state index in [-0.39, 0.29) is 12.1 Å². The zero-order valence-electron chi connectivity index (χ0n) is 17.9. The number of carbonyl (C=O) groups excluding carboxylic acids is 1. The lowest BCUT2D eigenvalue weighted by atomic mass is 10.0. The van der Waals surface area contributed by atoms with E-state index >= 15 is 0 Å². The molecule has 3 aromatic carbocycles. The molecule has 0 saturated heterocycles. The molecule has 2 heterocycles. The molecule has 0 saturated carbocycles. The standard InChI is InChI=1S/C27H25N3OS/c1-32-23-15-13-21(14-16-23)26-25-12-7-17-29(25)24-11-6-5-10-22(24)19-30(26)27(31)28-18-20-8-3-2-4-9-20/h2-17,26H,18-19H2,1H3,(H,28,31). The first-order valence-corrected chi connectivity index (χ1v) is 11.9. The van der Waals surface area contributed by atoms with Gasteiger partial charge in [-0.1, -0.05) is 60.7 Å². The number of aromatic nitrogens is 1. The molecule has 1 aromatic heterocycles. The fourth-order valence-corrected chi connectivity index (χ4v) is 4.76. The summed E-state index contributed by atoms with van der Waals surface area (Å²) in [4.78, 5) is 16.7. The van der Waals surface area contributed by atoms with Crippen molar-refractivity contribution in [2.75, 3.05) is 6.26 Å². The summed E-state index contributed by atoms with van der Waals surface area (Å²) >= 11 is 1.72. The Bertz CT molecular complexity index is 1220. The maximum absolute atomic E-state index is 13.6. The molecule has 1 atom stereocenters. The van der Waals surface area contributed by atoms with Gasteiger partial charge in [0, 0.05) is 23.3 Å². The second-order valence-corrected chi connectivity index (χ2v) is 8.76. The second kappa shape index (κ2) is 8.97. The van der Waals surface area contributed by atoms with E-state index in [1.807, 2.05) is 41.3 Å². The number of rotatable bonds is 4. The van der Waals surface area contributed by atoms with Gasteiger partial charge in [0.15, 0.2) is 0 Å². The number of carbonyl (C=O) groups is 1. The van der Waals surface area contributed by atoms with Crippen LogP contribution >= 0.6 is 11.8 Å². The Morgan fingerprint density at radius 1 is 0.938 bits per heavy atom. The van der Waals surface area contributed by atoms with Gasteiger partial charge in [-0.2, -0.15) is 0 Å². The lowest BCUT2D eigenvalue weighted by Gasteiger charge is -2.31. The zero-order valence-corrected chi connectivity index (χ0v) is 18.8. The van der Waals surface area contributed by atoms with Crippen molar-refractivity contribution in [3.8, 4) is 5.69 Å². The predicted octanol–water partition coefficient (Wildman–Crippen LogP) is 6.01. The Balaban J connectivity index is 1.56. The maximum atomic E-state index is 13.6. The smallest absolute Gasteiger partial charge is 0.318 e. The summed E-state index contributed by atoms with van der Waals surface area (Å²) in [7, 11) is 0. The normalized spacial score (nSPS) is 14.9. The third kappa shape index (κ3) is 3.92. The second-order valence-electron chi connectivity index (χ2n) is 7.88. The first-order valence-electron chi connectivity index (χ1n) is 10.7. The molecule has 4 aromatic rings. The molecule has 5 rings (SSSR count). The SMILES string of the molecule is CSc1ccc(C2c3cccn3-c3ccccc3CN2C(=O)NCc2ccccc2)cc1. The van der Waals surface area contributed by atoms with Crippen molar-refractivity contribution in [1.82, 2.24) is 14.8 Å². The summed E-state index contributed by atoms with van der Waals surface area (Å²) < 4.78 is 2.22. The topological polar surface area (TPSA) is 37.3 Å². The van der Waals surface area contributed by atoms with E-state index in [1.165, 1.54) is 4.90 Å². The van der Waals surface area contributed by atoms with Crippen molar-refractivity contribution >= 4 is 17.8 Å². The summed E-state index contributed by atoms with van der Waals surface area (Å²) in [5, 5.41) is 3.15. The number of urea groups is 1. The summed E-state index contributed by atoms with van der Waals surface area (Å²) in [6, 6.07) is 30.8. The molecule has 1 unspecified atom stereocenters. The summed E-state index contributed by atoms with van der Waals surface area (Å²) in [6.45, 7) is 1.03. The largest absolute Gasteiger partial charge is 0.334 e. The van der Waals surface area contributed by atoms with Crippen LogP contribution in [0.15, 0.2) is 102 Å². The van der Waals surface area contributed by atoms with Crippen LogP contribution in [0, 0.1) is 0 Å². The molecular formula is C27H25N3OS. The van der Waals surface area contributed by atoms with E-state index in [4.69, 9.17) is 0 Å². The number of thioether (sulfide) groups is 1. The monoisotopic (exact) mass is 439 g/mol. The molecule has 4 nitrogen and oxygen atoms in total. The highest BCUT2D eigenvalue weighted by molar-refractivity contribution is 7.98. The molecule has 1 N–H and O–H groups in total. The molecule has 0 bridgehead atoms. The molecule has 0 spiro atoms. The van der Waals surface area contributed by atoms with Crippen LogP contribution in [0.1, 0.15) is 28.4 Å². The van der Waals surface area contributed by atoms with Crippen molar-refractivity contribution < 1.29 is 4.79 Å². The van der Waals surface area contributed by atoms with Gasteiger partial charge in [0.2, 0.25) is 0 Å². The van der Waals surface area contributed by atoms with Crippen molar-refractivity contribution in [2.45, 2.75) is 24.0 Å². The average molecular weight is 440 g/mol. The van der Waals surface area contributed by atoms with Crippen LogP contribution in [-0.4, -0.2) is 21.8 Å². The first kappa shape index (κ1) is 20.5. The minimum absolute atomic E-state index is 0.0720. The van der Waals surface area contributed by atoms with Crippen LogP contribution in [0.25, 0.3) is 5.69 Å². The molecule has 1 aliphatic heterocycles. The Kier molecular flexibility index (Phi) is 5.73. The van der Waals surface area contributed by atoms with Gasteiger partial charge < -0.3 is 14.8 Å². The fourth-order valence-electron chi connectivity index (χ4n) is 4.35. The van der Waals surface area contributed by atoms with Gasteiger partial charge in [-0.15, -0.1) is 11.8 Å². The van der Waals surface area contributed by atoms with E-state index < -0.39 is 0 Å². The molecule has 0 radical (unpaired) electrons. The third-order valence-corrected chi connectivity index (χ3v) is 6.69. The molecule has 2 amide bonds. The molecule has 1 aliphatic rings. The Morgan fingerprint density at radius 2 is 1.69 bits per heavy atom. The maximum Gasteiger partial charge on any atom is 0.318 e. The van der Waals surface area contributed by atoms with Crippen LogP contribution in [-0.2, 0) is 13.1 Å². The lowest BCUT2D eigenvalue weighted by Crippen LogP contribution is -2.41. The minimum atomic E-state index is -0.191. The van der Waals surface area contributed by atoms with E-state index in [9.17, 15) is 4.79 Å². The fraction of sp³-hybridized carbons (Fsp3) is 0.148. The molecular weight excluding hydrogens is 414 g/mol. The van der Waals surface area contributed by atoms with Crippen molar-refractivity contribution in [2.24, 2.45) is 0 Å². The molecule has 32 heavy (non-hydrogen) atoms. The average Bonchev–Trinajstić information content (AvgIpc) is 3.27. The highest BCUT2D eigenvalue weighted by Gasteiger charge is 2.32. The number of hydrogen-bond acceptors (Lipinski definition) is 2. The van der Waals surface area contributed by atoms with Crippen LogP contribution in [0.4, 0.5) is 4.79 Å². The van der Waals surface area contributed by atoms with E-state index in [0.29, 0.717) is 13.1 Å². The zero-order chi connectivity index (χ0) is 21.9. The summed E-state index contributed by atoms with van der Waals surface area (Å²) in [5.41, 5.74) is 5.52. The number of amides is 2. The highest BCUT2D eigenvalue weighted by Crippen LogP contribution is 2.37. The molecule has 160 valence electrons. The lowest BCUT2D eigenvalue weighted by molar-refractivity contribution is 0.180. The molecule has 0 aliphatic carbocycles. The van der Waals surface area contributed by atoms with Gasteiger partial charge in [-0.25, -0.2) is 4.79 Å². The summed E-state index contributed by atoms with van der Waals surface area (Å²) in [6.07, 6.45) is 4.16. The van der Waals surface area contributed by atoms with Gasteiger partial charge in [0.25, 0.3) is 0 Å². The first-order chi connectivity index (χ1) is 15.7. The Labute approximate surface area is 192 Å². The van der Waals surface area contributed by atoms with E-state index in [0.717, 1.165) is 28.1 Å². The van der Waals surface area contributed by atoms with E-state index in [1.54, 1.807) is 11.8 Å². The molecule has 5 heteroatoms. The summed E-state index contributed by atoms with van der Waals surface area (Å²) in [5.74, 6) is 0. The quantitative estimate of drug-likeness (QED) is 0.395. The number of para-hydroxylation sites is 1. The van der Waals surface area contributed by atoms with Crippen LogP contribution in [0.3, 0.4) is 0 Å². The van der Waals surface area contributed by atoms with Gasteiger partial charge in [0.05, 0.1) is 18.3 Å². The van der Waals surface area contributed by atoms with Gasteiger partial charge >= 0.3 is 6.03 Å². The Hall–Kier alpha value is -3.44. The number of hydrogen-bond donors (Lipinski definition) is 1. The van der Waals surface area contributed by atoms with Crippen LogP contribution < -0.4 is 5.32 Å². The van der Waals surface area contributed by atoms with Crippen molar-refractivity contribution in [3.05, 3.63) is 120 Å². The number of fused-ring (bicyclic) bond motifs is 3. The van der Waals surface area contributed by atoms with Crippen LogP contribution in [0.2, 0.25) is 0 Å². The van der Waals surface area contributed by atoms with Crippen LogP contribution in [0.5, 0.6) is 0 Å². The number of benzene rings is 3. The predicted molar refractivity (Wildman–Crippen MR) is 130 cm³/mol.